The smallest absolute Gasteiger partial charge is 0.255 e. The maximum absolute atomic E-state index is 12.1. The molecular weight excluding hydrogens is 366 g/mol. The molecule has 0 bridgehead atoms. The van der Waals surface area contributed by atoms with Gasteiger partial charge < -0.3 is 15.5 Å². The largest absolute Gasteiger partial charge is 0.508 e. The lowest BCUT2D eigenvalue weighted by Crippen LogP contribution is -2.51. The second-order valence-corrected chi connectivity index (χ2v) is 5.18. The van der Waals surface area contributed by atoms with Gasteiger partial charge in [0.05, 0.1) is 11.1 Å². The number of amides is 1. The van der Waals surface area contributed by atoms with E-state index in [0.29, 0.717) is 10.7 Å². The third-order valence-electron chi connectivity index (χ3n) is 2.79. The van der Waals surface area contributed by atoms with Crippen molar-refractivity contribution in [3.05, 3.63) is 23.8 Å². The third kappa shape index (κ3) is 3.38. The molecule has 0 aromatic heterocycles. The molecule has 0 aliphatic carbocycles. The molecule has 0 saturated carbocycles. The molecule has 0 unspecified atom stereocenters. The first-order chi connectivity index (χ1) is 8.48. The van der Waals surface area contributed by atoms with Crippen LogP contribution in [0.25, 0.3) is 0 Å². The summed E-state index contributed by atoms with van der Waals surface area (Å²) in [5.74, 6) is -0.624. The minimum absolute atomic E-state index is 0.0577. The van der Waals surface area contributed by atoms with Gasteiger partial charge in [0.2, 0.25) is 0 Å². The highest BCUT2D eigenvalue weighted by Gasteiger charge is 2.29. The van der Waals surface area contributed by atoms with Crippen LogP contribution in [-0.2, 0) is 0 Å². The first-order valence-electron chi connectivity index (χ1n) is 5.44. The van der Waals surface area contributed by atoms with Gasteiger partial charge in [-0.05, 0) is 24.6 Å². The molecule has 0 aliphatic rings. The van der Waals surface area contributed by atoms with E-state index in [2.05, 4.69) is 37.2 Å². The summed E-state index contributed by atoms with van der Waals surface area (Å²) in [5, 5.41) is 23.0. The van der Waals surface area contributed by atoms with E-state index in [1.165, 1.54) is 18.2 Å². The van der Waals surface area contributed by atoms with E-state index in [9.17, 15) is 15.0 Å². The fourth-order valence-corrected chi connectivity index (χ4v) is 3.40. The van der Waals surface area contributed by atoms with Gasteiger partial charge in [-0.25, -0.2) is 0 Å². The molecule has 0 radical (unpaired) electrons. The molecule has 1 amide bonds. The molecule has 1 aromatic rings. The second-order valence-electron chi connectivity index (χ2n) is 4.06. The number of phenols is 2. The molecule has 1 rings (SSSR count). The number of aromatic hydroxyl groups is 2. The zero-order valence-electron chi connectivity index (χ0n) is 9.91. The van der Waals surface area contributed by atoms with Crippen LogP contribution in [0, 0.1) is 0 Å². The molecule has 0 aliphatic heterocycles. The van der Waals surface area contributed by atoms with Crippen LogP contribution in [0.2, 0.25) is 0 Å². The molecule has 0 saturated heterocycles. The third-order valence-corrected chi connectivity index (χ3v) is 4.94. The van der Waals surface area contributed by atoms with E-state index >= 15 is 0 Å². The van der Waals surface area contributed by atoms with Crippen LogP contribution in [0.1, 0.15) is 23.7 Å². The van der Waals surface area contributed by atoms with Gasteiger partial charge in [-0.2, -0.15) is 0 Å². The van der Waals surface area contributed by atoms with Gasteiger partial charge >= 0.3 is 0 Å². The van der Waals surface area contributed by atoms with Crippen LogP contribution >= 0.6 is 31.9 Å². The van der Waals surface area contributed by atoms with E-state index in [1.807, 2.05) is 6.92 Å². The number of benzene rings is 1. The highest BCUT2D eigenvalue weighted by Crippen LogP contribution is 2.24. The van der Waals surface area contributed by atoms with Crippen molar-refractivity contribution in [3.63, 3.8) is 0 Å². The maximum Gasteiger partial charge on any atom is 0.255 e. The van der Waals surface area contributed by atoms with Crippen LogP contribution in [0.5, 0.6) is 11.5 Å². The normalized spacial score (nSPS) is 11.3. The number of rotatable bonds is 5. The minimum atomic E-state index is -0.422. The van der Waals surface area contributed by atoms with Crippen molar-refractivity contribution in [2.24, 2.45) is 0 Å². The number of phenolic OH excluding ortho intramolecular Hbond substituents is 2. The Labute approximate surface area is 123 Å². The Morgan fingerprint density at radius 3 is 2.44 bits per heavy atom. The fraction of sp³-hybridized carbons (Fsp3) is 0.417. The van der Waals surface area contributed by atoms with E-state index in [1.54, 1.807) is 0 Å². The molecule has 4 nitrogen and oxygen atoms in total. The van der Waals surface area contributed by atoms with Gasteiger partial charge in [-0.15, -0.1) is 0 Å². The zero-order chi connectivity index (χ0) is 13.8. The zero-order valence-corrected chi connectivity index (χ0v) is 13.1. The van der Waals surface area contributed by atoms with Gasteiger partial charge in [-0.1, -0.05) is 38.8 Å². The highest BCUT2D eigenvalue weighted by molar-refractivity contribution is 9.09. The topological polar surface area (TPSA) is 69.6 Å². The molecule has 0 heterocycles. The average Bonchev–Trinajstić information content (AvgIpc) is 2.38. The predicted octanol–water partition coefficient (Wildman–Crippen LogP) is 2.77. The number of carbonyl (C=O) groups is 1. The molecule has 1 aromatic carbocycles. The first kappa shape index (κ1) is 15.3. The summed E-state index contributed by atoms with van der Waals surface area (Å²) in [6.45, 7) is 1.96. The van der Waals surface area contributed by atoms with Crippen molar-refractivity contribution >= 4 is 37.8 Å². The van der Waals surface area contributed by atoms with Gasteiger partial charge in [0.1, 0.15) is 11.5 Å². The minimum Gasteiger partial charge on any atom is -0.508 e. The molecular formula is C12H15Br2NO3. The number of hydrogen-bond donors (Lipinski definition) is 3. The van der Waals surface area contributed by atoms with Gasteiger partial charge in [0.15, 0.2) is 0 Å². The lowest BCUT2D eigenvalue weighted by molar-refractivity contribution is 0.0912. The van der Waals surface area contributed by atoms with Crippen LogP contribution in [0.3, 0.4) is 0 Å². The Hall–Kier alpha value is -0.750. The van der Waals surface area contributed by atoms with Crippen molar-refractivity contribution < 1.29 is 15.0 Å². The van der Waals surface area contributed by atoms with E-state index in [0.717, 1.165) is 6.42 Å². The van der Waals surface area contributed by atoms with Crippen molar-refractivity contribution in [1.29, 1.82) is 0 Å². The number of alkyl halides is 2. The summed E-state index contributed by atoms with van der Waals surface area (Å²) in [7, 11) is 0. The number of nitrogens with one attached hydrogen (secondary N) is 1. The van der Waals surface area contributed by atoms with Crippen molar-refractivity contribution in [1.82, 2.24) is 5.32 Å². The summed E-state index contributed by atoms with van der Waals surface area (Å²) in [4.78, 5) is 12.1. The van der Waals surface area contributed by atoms with Crippen LogP contribution in [0.4, 0.5) is 0 Å². The van der Waals surface area contributed by atoms with Crippen LogP contribution in [0.15, 0.2) is 18.2 Å². The number of halogens is 2. The molecule has 0 spiro atoms. The Kier molecular flexibility index (Phi) is 5.47. The summed E-state index contributed by atoms with van der Waals surface area (Å²) in [6.07, 6.45) is 0.731. The van der Waals surface area contributed by atoms with Crippen LogP contribution in [-0.4, -0.2) is 32.3 Å². The fourth-order valence-electron chi connectivity index (χ4n) is 1.39. The van der Waals surface area contributed by atoms with Gasteiger partial charge in [-0.3, -0.25) is 4.79 Å². The molecule has 100 valence electrons. The lowest BCUT2D eigenvalue weighted by Gasteiger charge is -2.30. The Morgan fingerprint density at radius 2 is 1.94 bits per heavy atom. The lowest BCUT2D eigenvalue weighted by atomic mass is 10.0. The standard InChI is InChI=1S/C12H15Br2NO3/c1-2-12(6-13,7-14)15-11(18)9-5-8(16)3-4-10(9)17/h3-5,16-17H,2,6-7H2,1H3,(H,15,18). The number of hydrogen-bond acceptors (Lipinski definition) is 3. The van der Waals surface area contributed by atoms with Gasteiger partial charge in [0.25, 0.3) is 5.91 Å². The van der Waals surface area contributed by atoms with Crippen molar-refractivity contribution in [3.8, 4) is 11.5 Å². The molecule has 6 heteroatoms. The maximum atomic E-state index is 12.1. The molecule has 3 N–H and O–H groups in total. The summed E-state index contributed by atoms with van der Waals surface area (Å²) < 4.78 is 0. The van der Waals surface area contributed by atoms with Gasteiger partial charge in [0, 0.05) is 10.7 Å². The predicted molar refractivity (Wildman–Crippen MR) is 77.8 cm³/mol. The van der Waals surface area contributed by atoms with Crippen molar-refractivity contribution in [2.75, 3.05) is 10.7 Å². The van der Waals surface area contributed by atoms with Crippen molar-refractivity contribution in [2.45, 2.75) is 18.9 Å². The average molecular weight is 381 g/mol. The van der Waals surface area contributed by atoms with Crippen LogP contribution < -0.4 is 5.32 Å². The molecule has 0 fully saturated rings. The van der Waals surface area contributed by atoms with E-state index in [-0.39, 0.29) is 17.1 Å². The first-order valence-corrected chi connectivity index (χ1v) is 7.68. The molecule has 0 atom stereocenters. The Bertz CT molecular complexity index is 425. The van der Waals surface area contributed by atoms with E-state index < -0.39 is 11.4 Å². The highest BCUT2D eigenvalue weighted by atomic mass is 79.9. The summed E-state index contributed by atoms with van der Waals surface area (Å²) >= 11 is 6.74. The second kappa shape index (κ2) is 6.43. The van der Waals surface area contributed by atoms with E-state index in [4.69, 9.17) is 0 Å². The quantitative estimate of drug-likeness (QED) is 0.543. The Balaban J connectivity index is 2.97. The Morgan fingerprint density at radius 1 is 1.33 bits per heavy atom. The monoisotopic (exact) mass is 379 g/mol. The molecule has 18 heavy (non-hydrogen) atoms. The number of carbonyl (C=O) groups excluding carboxylic acids is 1. The summed E-state index contributed by atoms with van der Waals surface area (Å²) in [6, 6.07) is 3.86. The SMILES string of the molecule is CCC(CBr)(CBr)NC(=O)c1cc(O)ccc1O. The summed E-state index contributed by atoms with van der Waals surface area (Å²) in [5.41, 5.74) is -0.357.